The fraction of sp³-hybridized carbons (Fsp3) is 0.304. The summed E-state index contributed by atoms with van der Waals surface area (Å²) >= 11 is 0. The maximum Gasteiger partial charge on any atom is 0.332 e. The zero-order chi connectivity index (χ0) is 23.0. The van der Waals surface area contributed by atoms with Gasteiger partial charge in [-0.05, 0) is 57.0 Å². The molecule has 4 aromatic rings. The SMILES string of the molecule is CCn1nc(C)c2c1c(=O)n(Cc1ccco1)c(=O)n2CC(=O)Nc1cc(C)ccc1C. The van der Waals surface area contributed by atoms with Crippen LogP contribution in [0.3, 0.4) is 0 Å². The van der Waals surface area contributed by atoms with Gasteiger partial charge in [-0.3, -0.25) is 23.4 Å². The van der Waals surface area contributed by atoms with Crippen LogP contribution in [-0.2, 0) is 24.4 Å². The number of carbonyl (C=O) groups excluding carboxylic acids is 1. The Labute approximate surface area is 183 Å². The third-order valence-corrected chi connectivity index (χ3v) is 5.44. The largest absolute Gasteiger partial charge is 0.467 e. The first kappa shape index (κ1) is 21.4. The number of aryl methyl sites for hydroxylation is 4. The van der Waals surface area contributed by atoms with E-state index in [-0.39, 0.29) is 24.5 Å². The topological polar surface area (TPSA) is 104 Å². The molecule has 9 nitrogen and oxygen atoms in total. The molecule has 4 rings (SSSR count). The van der Waals surface area contributed by atoms with Crippen LogP contribution < -0.4 is 16.6 Å². The van der Waals surface area contributed by atoms with Gasteiger partial charge in [-0.25, -0.2) is 4.79 Å². The predicted molar refractivity (Wildman–Crippen MR) is 121 cm³/mol. The molecule has 0 aliphatic carbocycles. The molecule has 1 N–H and O–H groups in total. The lowest BCUT2D eigenvalue weighted by Gasteiger charge is -2.14. The molecule has 0 aliphatic heterocycles. The minimum absolute atomic E-state index is 0.0346. The second-order valence-corrected chi connectivity index (χ2v) is 7.80. The summed E-state index contributed by atoms with van der Waals surface area (Å²) in [5.41, 5.74) is 2.73. The molecule has 0 atom stereocenters. The van der Waals surface area contributed by atoms with Crippen molar-refractivity contribution in [3.05, 3.63) is 80.0 Å². The smallest absolute Gasteiger partial charge is 0.332 e. The number of amides is 1. The van der Waals surface area contributed by atoms with E-state index in [1.807, 2.05) is 39.0 Å². The van der Waals surface area contributed by atoms with Crippen molar-refractivity contribution in [3.63, 3.8) is 0 Å². The monoisotopic (exact) mass is 435 g/mol. The van der Waals surface area contributed by atoms with Crippen LogP contribution in [0.4, 0.5) is 5.69 Å². The van der Waals surface area contributed by atoms with E-state index in [0.29, 0.717) is 29.2 Å². The van der Waals surface area contributed by atoms with Gasteiger partial charge in [0, 0.05) is 12.2 Å². The second kappa shape index (κ2) is 8.33. The average Bonchev–Trinajstić information content (AvgIpc) is 3.38. The minimum atomic E-state index is -0.589. The molecule has 166 valence electrons. The summed E-state index contributed by atoms with van der Waals surface area (Å²) < 4.78 is 9.29. The van der Waals surface area contributed by atoms with Crippen molar-refractivity contribution < 1.29 is 9.21 Å². The van der Waals surface area contributed by atoms with Gasteiger partial charge in [0.05, 0.1) is 18.5 Å². The number of hydrogen-bond donors (Lipinski definition) is 1. The fourth-order valence-electron chi connectivity index (χ4n) is 3.84. The van der Waals surface area contributed by atoms with Crippen LogP contribution in [0, 0.1) is 20.8 Å². The Hall–Kier alpha value is -3.88. The van der Waals surface area contributed by atoms with Crippen molar-refractivity contribution in [1.82, 2.24) is 18.9 Å². The predicted octanol–water partition coefficient (Wildman–Crippen LogP) is 2.58. The summed E-state index contributed by atoms with van der Waals surface area (Å²) in [4.78, 5) is 39.5. The Kier molecular flexibility index (Phi) is 5.56. The maximum atomic E-state index is 13.4. The molecule has 32 heavy (non-hydrogen) atoms. The Bertz CT molecular complexity index is 1420. The zero-order valence-electron chi connectivity index (χ0n) is 18.5. The van der Waals surface area contributed by atoms with Gasteiger partial charge in [-0.15, -0.1) is 0 Å². The summed E-state index contributed by atoms with van der Waals surface area (Å²) in [6.07, 6.45) is 1.48. The number of nitrogens with one attached hydrogen (secondary N) is 1. The normalized spacial score (nSPS) is 11.2. The highest BCUT2D eigenvalue weighted by atomic mass is 16.3. The standard InChI is InChI=1S/C23H25N5O4/c1-5-28-21-20(16(4)25-28)26(13-19(29)24-18-11-14(2)8-9-15(18)3)23(31)27(22(21)30)12-17-7-6-10-32-17/h6-11H,5,12-13H2,1-4H3,(H,24,29). The third-order valence-electron chi connectivity index (χ3n) is 5.44. The lowest BCUT2D eigenvalue weighted by Crippen LogP contribution is -2.42. The van der Waals surface area contributed by atoms with E-state index < -0.39 is 11.2 Å². The van der Waals surface area contributed by atoms with Crippen molar-refractivity contribution in [1.29, 1.82) is 0 Å². The lowest BCUT2D eigenvalue weighted by atomic mass is 10.1. The number of carbonyl (C=O) groups is 1. The number of benzene rings is 1. The van der Waals surface area contributed by atoms with Gasteiger partial charge in [-0.2, -0.15) is 5.10 Å². The summed E-state index contributed by atoms with van der Waals surface area (Å²) in [7, 11) is 0. The second-order valence-electron chi connectivity index (χ2n) is 7.80. The first-order valence-electron chi connectivity index (χ1n) is 10.4. The number of rotatable bonds is 6. The molecule has 3 aromatic heterocycles. The number of furan rings is 1. The van der Waals surface area contributed by atoms with E-state index in [9.17, 15) is 14.4 Å². The fourth-order valence-corrected chi connectivity index (χ4v) is 3.84. The zero-order valence-corrected chi connectivity index (χ0v) is 18.5. The molecule has 1 aromatic carbocycles. The number of aromatic nitrogens is 4. The van der Waals surface area contributed by atoms with Crippen molar-refractivity contribution in [3.8, 4) is 0 Å². The number of anilines is 1. The van der Waals surface area contributed by atoms with Crippen molar-refractivity contribution >= 4 is 22.6 Å². The molecule has 0 spiro atoms. The van der Waals surface area contributed by atoms with Gasteiger partial charge < -0.3 is 9.73 Å². The van der Waals surface area contributed by atoms with Crippen LogP contribution in [0.25, 0.3) is 11.0 Å². The Morgan fingerprint density at radius 1 is 1.09 bits per heavy atom. The van der Waals surface area contributed by atoms with Crippen molar-refractivity contribution in [2.45, 2.75) is 47.3 Å². The van der Waals surface area contributed by atoms with Gasteiger partial charge in [0.25, 0.3) is 5.56 Å². The molecular formula is C23H25N5O4. The summed E-state index contributed by atoms with van der Waals surface area (Å²) in [6.45, 7) is 7.60. The molecule has 0 saturated heterocycles. The van der Waals surface area contributed by atoms with Crippen LogP contribution in [0.1, 0.15) is 29.5 Å². The average molecular weight is 435 g/mol. The van der Waals surface area contributed by atoms with Crippen LogP contribution in [0.2, 0.25) is 0 Å². The van der Waals surface area contributed by atoms with E-state index in [1.165, 1.54) is 10.8 Å². The first-order chi connectivity index (χ1) is 15.3. The lowest BCUT2D eigenvalue weighted by molar-refractivity contribution is -0.116. The summed E-state index contributed by atoms with van der Waals surface area (Å²) in [6, 6.07) is 9.15. The molecule has 0 bridgehead atoms. The molecule has 0 saturated carbocycles. The number of nitrogens with zero attached hydrogens (tertiary/aromatic N) is 4. The van der Waals surface area contributed by atoms with E-state index in [4.69, 9.17) is 4.42 Å². The van der Waals surface area contributed by atoms with Gasteiger partial charge in [0.2, 0.25) is 5.91 Å². The van der Waals surface area contributed by atoms with Gasteiger partial charge in [-0.1, -0.05) is 12.1 Å². The molecular weight excluding hydrogens is 410 g/mol. The molecule has 0 radical (unpaired) electrons. The van der Waals surface area contributed by atoms with Crippen molar-refractivity contribution in [2.75, 3.05) is 5.32 Å². The number of fused-ring (bicyclic) bond motifs is 1. The summed E-state index contributed by atoms with van der Waals surface area (Å²) in [5.74, 6) is 0.100. The summed E-state index contributed by atoms with van der Waals surface area (Å²) in [5, 5.41) is 7.29. The van der Waals surface area contributed by atoms with E-state index in [0.717, 1.165) is 15.7 Å². The molecule has 3 heterocycles. The van der Waals surface area contributed by atoms with Gasteiger partial charge in [0.15, 0.2) is 5.52 Å². The van der Waals surface area contributed by atoms with Gasteiger partial charge in [0.1, 0.15) is 17.8 Å². The highest BCUT2D eigenvalue weighted by molar-refractivity contribution is 5.92. The van der Waals surface area contributed by atoms with E-state index >= 15 is 0 Å². The van der Waals surface area contributed by atoms with Crippen LogP contribution >= 0.6 is 0 Å². The van der Waals surface area contributed by atoms with Crippen molar-refractivity contribution in [2.24, 2.45) is 0 Å². The molecule has 0 aliphatic rings. The number of hydrogen-bond acceptors (Lipinski definition) is 5. The third kappa shape index (κ3) is 3.77. The maximum absolute atomic E-state index is 13.4. The molecule has 0 unspecified atom stereocenters. The highest BCUT2D eigenvalue weighted by Gasteiger charge is 2.22. The first-order valence-corrected chi connectivity index (χ1v) is 10.4. The van der Waals surface area contributed by atoms with Gasteiger partial charge >= 0.3 is 5.69 Å². The highest BCUT2D eigenvalue weighted by Crippen LogP contribution is 2.17. The Morgan fingerprint density at radius 2 is 1.88 bits per heavy atom. The molecule has 1 amide bonds. The quantitative estimate of drug-likeness (QED) is 0.501. The van der Waals surface area contributed by atoms with Crippen LogP contribution in [0.5, 0.6) is 0 Å². The Morgan fingerprint density at radius 3 is 2.56 bits per heavy atom. The van der Waals surface area contributed by atoms with E-state index in [1.54, 1.807) is 23.7 Å². The van der Waals surface area contributed by atoms with Crippen LogP contribution in [-0.4, -0.2) is 24.8 Å². The minimum Gasteiger partial charge on any atom is -0.467 e. The Balaban J connectivity index is 1.83. The van der Waals surface area contributed by atoms with Crippen LogP contribution in [0.15, 0.2) is 50.6 Å². The molecule has 0 fully saturated rings. The van der Waals surface area contributed by atoms with E-state index in [2.05, 4.69) is 10.4 Å². The molecule has 9 heteroatoms.